The smallest absolute Gasteiger partial charge is 0.193 e. The van der Waals surface area contributed by atoms with Crippen LogP contribution in [0.2, 0.25) is 0 Å². The van der Waals surface area contributed by atoms with Gasteiger partial charge in [-0.3, -0.25) is 4.99 Å². The molecule has 1 N–H and O–H groups in total. The maximum atomic E-state index is 5.50. The van der Waals surface area contributed by atoms with Crippen LogP contribution in [0.1, 0.15) is 36.5 Å². The second kappa shape index (κ2) is 10.8. The molecule has 0 aliphatic carbocycles. The number of ether oxygens (including phenoxy) is 1. The molecule has 2 rings (SSSR count). The lowest BCUT2D eigenvalue weighted by atomic mass is 10.2. The van der Waals surface area contributed by atoms with Crippen molar-refractivity contribution in [1.29, 1.82) is 0 Å². The first-order chi connectivity index (χ1) is 12.6. The summed E-state index contributed by atoms with van der Waals surface area (Å²) in [4.78, 5) is 11.4. The minimum Gasteiger partial charge on any atom is -0.494 e. The van der Waals surface area contributed by atoms with Crippen molar-refractivity contribution in [1.82, 2.24) is 15.2 Å². The van der Waals surface area contributed by atoms with Crippen LogP contribution in [0.3, 0.4) is 0 Å². The van der Waals surface area contributed by atoms with Crippen LogP contribution in [0.15, 0.2) is 34.6 Å². The number of aromatic nitrogens is 1. The lowest BCUT2D eigenvalue weighted by Crippen LogP contribution is -2.38. The van der Waals surface area contributed by atoms with Crippen molar-refractivity contribution in [2.75, 3.05) is 26.7 Å². The fourth-order valence-electron chi connectivity index (χ4n) is 2.61. The molecule has 0 saturated carbocycles. The van der Waals surface area contributed by atoms with E-state index in [1.807, 2.05) is 26.0 Å². The molecule has 0 radical (unpaired) electrons. The second-order valence-corrected chi connectivity index (χ2v) is 7.10. The molecule has 142 valence electrons. The van der Waals surface area contributed by atoms with Crippen LogP contribution < -0.4 is 10.1 Å². The number of thiazole rings is 1. The molecular formula is C20H30N4OS. The highest BCUT2D eigenvalue weighted by molar-refractivity contribution is 7.09. The molecule has 1 aromatic carbocycles. The average Bonchev–Trinajstić information content (AvgIpc) is 3.05. The number of nitrogens with one attached hydrogen (secondary N) is 1. The van der Waals surface area contributed by atoms with E-state index in [1.165, 1.54) is 10.6 Å². The number of hydrogen-bond acceptors (Lipinski definition) is 4. The Labute approximate surface area is 161 Å². The van der Waals surface area contributed by atoms with Crippen molar-refractivity contribution in [3.63, 3.8) is 0 Å². The summed E-state index contributed by atoms with van der Waals surface area (Å²) < 4.78 is 5.50. The summed E-state index contributed by atoms with van der Waals surface area (Å²) in [5, 5.41) is 6.68. The molecule has 5 nitrogen and oxygen atoms in total. The quantitative estimate of drug-likeness (QED) is 0.411. The second-order valence-electron chi connectivity index (χ2n) is 6.15. The van der Waals surface area contributed by atoms with Gasteiger partial charge in [0.25, 0.3) is 0 Å². The Balaban J connectivity index is 1.87. The van der Waals surface area contributed by atoms with Gasteiger partial charge in [0.15, 0.2) is 5.96 Å². The Bertz CT molecular complexity index is 681. The van der Waals surface area contributed by atoms with Crippen LogP contribution in [-0.2, 0) is 13.0 Å². The van der Waals surface area contributed by atoms with Crippen molar-refractivity contribution in [2.24, 2.45) is 4.99 Å². The highest BCUT2D eigenvalue weighted by Crippen LogP contribution is 2.14. The fraction of sp³-hybridized carbons (Fsp3) is 0.500. The first-order valence-corrected chi connectivity index (χ1v) is 10.1. The van der Waals surface area contributed by atoms with E-state index in [9.17, 15) is 0 Å². The summed E-state index contributed by atoms with van der Waals surface area (Å²) in [5.74, 6) is 1.86. The first kappa shape index (κ1) is 20.2. The number of aliphatic imine (C=N–C) groups is 1. The normalized spacial score (nSPS) is 11.5. The standard InChI is InChI=1S/C20H30N4OS/c1-5-21-20(22-13-7-8-19-23-16(3)15-26-19)24(4)14-17-9-11-18(12-10-17)25-6-2/h9-12,15H,5-8,13-14H2,1-4H3,(H,21,22). The number of hydrogen-bond donors (Lipinski definition) is 1. The number of nitrogens with zero attached hydrogens (tertiary/aromatic N) is 3. The van der Waals surface area contributed by atoms with Crippen molar-refractivity contribution in [2.45, 2.75) is 40.2 Å². The van der Waals surface area contributed by atoms with Crippen LogP contribution in [0.25, 0.3) is 0 Å². The molecule has 6 heteroatoms. The van der Waals surface area contributed by atoms with E-state index in [0.29, 0.717) is 6.61 Å². The summed E-state index contributed by atoms with van der Waals surface area (Å²) in [6.07, 6.45) is 2.00. The number of rotatable bonds is 9. The van der Waals surface area contributed by atoms with E-state index >= 15 is 0 Å². The van der Waals surface area contributed by atoms with Gasteiger partial charge in [0.05, 0.1) is 11.6 Å². The van der Waals surface area contributed by atoms with E-state index in [4.69, 9.17) is 9.73 Å². The minimum atomic E-state index is 0.692. The first-order valence-electron chi connectivity index (χ1n) is 9.24. The van der Waals surface area contributed by atoms with Crippen LogP contribution in [0.4, 0.5) is 0 Å². The lowest BCUT2D eigenvalue weighted by molar-refractivity contribution is 0.340. The van der Waals surface area contributed by atoms with Gasteiger partial charge in [-0.15, -0.1) is 11.3 Å². The number of guanidine groups is 1. The molecule has 0 aliphatic heterocycles. The molecular weight excluding hydrogens is 344 g/mol. The fourth-order valence-corrected chi connectivity index (χ4v) is 3.43. The Morgan fingerprint density at radius 1 is 1.27 bits per heavy atom. The van der Waals surface area contributed by atoms with Crippen molar-refractivity contribution >= 4 is 17.3 Å². The molecule has 0 bridgehead atoms. The summed E-state index contributed by atoms with van der Waals surface area (Å²) in [6, 6.07) is 8.26. The molecule has 0 spiro atoms. The lowest BCUT2D eigenvalue weighted by Gasteiger charge is -2.22. The minimum absolute atomic E-state index is 0.692. The Hall–Kier alpha value is -2.08. The predicted octanol–water partition coefficient (Wildman–Crippen LogP) is 3.88. The zero-order valence-electron chi connectivity index (χ0n) is 16.3. The van der Waals surface area contributed by atoms with E-state index in [1.54, 1.807) is 11.3 Å². The van der Waals surface area contributed by atoms with Gasteiger partial charge in [0.2, 0.25) is 0 Å². The average molecular weight is 375 g/mol. The van der Waals surface area contributed by atoms with Crippen LogP contribution in [0.5, 0.6) is 5.75 Å². The van der Waals surface area contributed by atoms with E-state index < -0.39 is 0 Å². The summed E-state index contributed by atoms with van der Waals surface area (Å²) in [6.45, 7) is 9.29. The maximum absolute atomic E-state index is 5.50. The van der Waals surface area contributed by atoms with E-state index in [0.717, 1.165) is 49.9 Å². The summed E-state index contributed by atoms with van der Waals surface area (Å²) >= 11 is 1.74. The third-order valence-electron chi connectivity index (χ3n) is 3.83. The molecule has 26 heavy (non-hydrogen) atoms. The van der Waals surface area contributed by atoms with Gasteiger partial charge < -0.3 is 15.0 Å². The third-order valence-corrected chi connectivity index (χ3v) is 4.85. The van der Waals surface area contributed by atoms with Crippen molar-refractivity contribution in [3.8, 4) is 5.75 Å². The molecule has 0 atom stereocenters. The summed E-state index contributed by atoms with van der Waals surface area (Å²) in [7, 11) is 2.07. The van der Waals surface area contributed by atoms with Crippen molar-refractivity contribution < 1.29 is 4.74 Å². The van der Waals surface area contributed by atoms with Gasteiger partial charge in [-0.1, -0.05) is 12.1 Å². The van der Waals surface area contributed by atoms with E-state index in [-0.39, 0.29) is 0 Å². The van der Waals surface area contributed by atoms with Gasteiger partial charge in [-0.2, -0.15) is 0 Å². The Kier molecular flexibility index (Phi) is 8.41. The van der Waals surface area contributed by atoms with Crippen LogP contribution in [0, 0.1) is 6.92 Å². The van der Waals surface area contributed by atoms with Crippen LogP contribution in [-0.4, -0.2) is 42.6 Å². The highest BCUT2D eigenvalue weighted by Gasteiger charge is 2.07. The molecule has 0 saturated heterocycles. The Morgan fingerprint density at radius 3 is 2.65 bits per heavy atom. The largest absolute Gasteiger partial charge is 0.494 e. The topological polar surface area (TPSA) is 49.8 Å². The third kappa shape index (κ3) is 6.67. The maximum Gasteiger partial charge on any atom is 0.193 e. The zero-order valence-corrected chi connectivity index (χ0v) is 17.1. The molecule has 0 aliphatic rings. The number of aryl methyl sites for hydroxylation is 2. The molecule has 0 fully saturated rings. The van der Waals surface area contributed by atoms with Gasteiger partial charge in [-0.25, -0.2) is 4.98 Å². The molecule has 0 unspecified atom stereocenters. The predicted molar refractivity (Wildman–Crippen MR) is 110 cm³/mol. The molecule has 2 aromatic rings. The van der Waals surface area contributed by atoms with Gasteiger partial charge in [-0.05, 0) is 44.9 Å². The molecule has 0 amide bonds. The number of benzene rings is 1. The zero-order chi connectivity index (χ0) is 18.8. The molecule has 1 heterocycles. The van der Waals surface area contributed by atoms with Crippen LogP contribution >= 0.6 is 11.3 Å². The highest BCUT2D eigenvalue weighted by atomic mass is 32.1. The van der Waals surface area contributed by atoms with Crippen molar-refractivity contribution in [3.05, 3.63) is 45.9 Å². The summed E-state index contributed by atoms with van der Waals surface area (Å²) in [5.41, 5.74) is 2.34. The van der Waals surface area contributed by atoms with Gasteiger partial charge in [0.1, 0.15) is 5.75 Å². The van der Waals surface area contributed by atoms with Gasteiger partial charge >= 0.3 is 0 Å². The van der Waals surface area contributed by atoms with Gasteiger partial charge in [0, 0.05) is 44.2 Å². The van der Waals surface area contributed by atoms with E-state index in [2.05, 4.69) is 46.7 Å². The SMILES string of the molecule is CCNC(=NCCCc1nc(C)cs1)N(C)Cc1ccc(OCC)cc1. The Morgan fingerprint density at radius 2 is 2.04 bits per heavy atom. The molecule has 1 aromatic heterocycles. The monoisotopic (exact) mass is 374 g/mol.